The molecule has 0 unspecified atom stereocenters. The van der Waals surface area contributed by atoms with Crippen LogP contribution in [0.2, 0.25) is 0 Å². The molecule has 1 aliphatic heterocycles. The summed E-state index contributed by atoms with van der Waals surface area (Å²) in [6.07, 6.45) is 8.91. The number of alkyl halides is 2. The molecule has 1 saturated carbocycles. The third-order valence-corrected chi connectivity index (χ3v) is 5.13. The molecule has 4 rings (SSSR count). The van der Waals surface area contributed by atoms with E-state index in [1.54, 1.807) is 12.5 Å². The number of imidazole rings is 1. The molecule has 0 aromatic carbocycles. The van der Waals surface area contributed by atoms with Crippen molar-refractivity contribution in [2.24, 2.45) is 0 Å². The van der Waals surface area contributed by atoms with Gasteiger partial charge in [-0.15, -0.1) is 0 Å². The number of nitrogens with one attached hydrogen (secondary N) is 2. The molecule has 6 nitrogen and oxygen atoms in total. The highest BCUT2D eigenvalue weighted by atomic mass is 19.3. The first-order valence-corrected chi connectivity index (χ1v) is 8.77. The molecule has 2 aliphatic rings. The molecule has 1 aliphatic carbocycles. The second-order valence-electron chi connectivity index (χ2n) is 6.87. The average molecular weight is 358 g/mol. The number of hydrogen-bond acceptors (Lipinski definition) is 5. The predicted molar refractivity (Wildman–Crippen MR) is 95.5 cm³/mol. The lowest BCUT2D eigenvalue weighted by Crippen LogP contribution is -2.42. The number of rotatable bonds is 5. The van der Waals surface area contributed by atoms with Crippen molar-refractivity contribution in [2.75, 3.05) is 11.4 Å². The van der Waals surface area contributed by atoms with Crippen molar-refractivity contribution in [1.29, 1.82) is 5.41 Å². The molecule has 2 N–H and O–H groups in total. The minimum Gasteiger partial charge on any atom is -0.351 e. The maximum atomic E-state index is 12.4. The number of nitrogens with zero attached hydrogens (tertiary/aromatic N) is 4. The van der Waals surface area contributed by atoms with Gasteiger partial charge in [0.25, 0.3) is 6.43 Å². The monoisotopic (exact) mass is 358 g/mol. The van der Waals surface area contributed by atoms with Crippen LogP contribution >= 0.6 is 0 Å². The Labute approximate surface area is 149 Å². The van der Waals surface area contributed by atoms with Crippen molar-refractivity contribution in [2.45, 2.75) is 44.1 Å². The summed E-state index contributed by atoms with van der Waals surface area (Å²) in [5, 5.41) is 7.14. The summed E-state index contributed by atoms with van der Waals surface area (Å²) in [6, 6.07) is 1.95. The zero-order chi connectivity index (χ0) is 18.1. The van der Waals surface area contributed by atoms with Crippen LogP contribution in [0.1, 0.15) is 37.9 Å². The lowest BCUT2D eigenvalue weighted by atomic mass is 10.00. The molecule has 1 saturated heterocycles. The van der Waals surface area contributed by atoms with E-state index < -0.39 is 12.1 Å². The molecule has 0 bridgehead atoms. The Balaban J connectivity index is 1.55. The summed E-state index contributed by atoms with van der Waals surface area (Å²) < 4.78 is 24.7. The Bertz CT molecular complexity index is 840. The van der Waals surface area contributed by atoms with Crippen LogP contribution in [0.15, 0.2) is 24.7 Å². The second kappa shape index (κ2) is 6.59. The minimum absolute atomic E-state index is 0.293. The van der Waals surface area contributed by atoms with Crippen molar-refractivity contribution in [3.8, 4) is 11.4 Å². The van der Waals surface area contributed by atoms with Crippen LogP contribution < -0.4 is 4.90 Å². The number of allylic oxidation sites excluding steroid dienone is 1. The van der Waals surface area contributed by atoms with E-state index in [1.807, 2.05) is 6.07 Å². The molecule has 2 aromatic rings. The number of H-pyrrole nitrogens is 1. The van der Waals surface area contributed by atoms with Crippen LogP contribution in [-0.4, -0.2) is 44.2 Å². The first kappa shape index (κ1) is 16.8. The van der Waals surface area contributed by atoms with Crippen LogP contribution in [0.3, 0.4) is 0 Å². The average Bonchev–Trinajstić information content (AvgIpc) is 3.24. The predicted octanol–water partition coefficient (Wildman–Crippen LogP) is 3.69. The van der Waals surface area contributed by atoms with Crippen molar-refractivity contribution in [1.82, 2.24) is 19.9 Å². The van der Waals surface area contributed by atoms with Crippen LogP contribution in [0.4, 0.5) is 14.6 Å². The molecule has 26 heavy (non-hydrogen) atoms. The molecular formula is C18H20F2N6. The van der Waals surface area contributed by atoms with Crippen LogP contribution in [0.25, 0.3) is 17.5 Å². The summed E-state index contributed by atoms with van der Waals surface area (Å²) in [4.78, 5) is 18.4. The van der Waals surface area contributed by atoms with Gasteiger partial charge in [0.15, 0.2) is 0 Å². The minimum atomic E-state index is -2.79. The largest absolute Gasteiger partial charge is 0.351 e. The van der Waals surface area contributed by atoms with Gasteiger partial charge in [0.1, 0.15) is 18.0 Å². The number of aromatic amines is 1. The maximum absolute atomic E-state index is 12.4. The van der Waals surface area contributed by atoms with Gasteiger partial charge in [-0.2, -0.15) is 0 Å². The number of piperidine rings is 1. The molecular weight excluding hydrogens is 338 g/mol. The molecule has 2 aromatic heterocycles. The molecule has 2 fully saturated rings. The third-order valence-electron chi connectivity index (χ3n) is 5.13. The molecule has 0 radical (unpaired) electrons. The molecule has 3 heterocycles. The quantitative estimate of drug-likeness (QED) is 0.799. The molecule has 0 amide bonds. The van der Waals surface area contributed by atoms with Crippen molar-refractivity contribution < 1.29 is 8.78 Å². The number of halogens is 2. The normalized spacial score (nSPS) is 18.8. The Morgan fingerprint density at radius 2 is 2.08 bits per heavy atom. The fraction of sp³-hybridized carbons (Fsp3) is 0.444. The summed E-state index contributed by atoms with van der Waals surface area (Å²) in [5.41, 5.74) is 0.958. The zero-order valence-electron chi connectivity index (χ0n) is 14.3. The highest BCUT2D eigenvalue weighted by Crippen LogP contribution is 2.49. The van der Waals surface area contributed by atoms with E-state index in [-0.39, 0.29) is 0 Å². The fourth-order valence-electron chi connectivity index (χ4n) is 3.55. The topological polar surface area (TPSA) is 81.6 Å². The van der Waals surface area contributed by atoms with Crippen LogP contribution in [-0.2, 0) is 0 Å². The lowest BCUT2D eigenvalue weighted by molar-refractivity contribution is 0.226. The smallest absolute Gasteiger partial charge is 0.279 e. The molecule has 1 spiro atoms. The van der Waals surface area contributed by atoms with Gasteiger partial charge >= 0.3 is 0 Å². The Morgan fingerprint density at radius 3 is 2.85 bits per heavy atom. The maximum Gasteiger partial charge on any atom is 0.279 e. The van der Waals surface area contributed by atoms with Gasteiger partial charge < -0.3 is 9.88 Å². The van der Waals surface area contributed by atoms with E-state index in [2.05, 4.69) is 24.8 Å². The Hall–Kier alpha value is -2.64. The van der Waals surface area contributed by atoms with E-state index in [4.69, 9.17) is 5.41 Å². The van der Waals surface area contributed by atoms with E-state index in [1.165, 1.54) is 38.2 Å². The van der Waals surface area contributed by atoms with E-state index in [0.29, 0.717) is 22.8 Å². The SMILES string of the molecule is N=C(/C=C\c1ncc(-c2cc(N3CCCCC34CC4)ncn2)[nH]1)C(F)F. The first-order valence-electron chi connectivity index (χ1n) is 8.77. The van der Waals surface area contributed by atoms with E-state index in [0.717, 1.165) is 18.4 Å². The van der Waals surface area contributed by atoms with Gasteiger partial charge in [-0.3, -0.25) is 5.41 Å². The Morgan fingerprint density at radius 1 is 1.23 bits per heavy atom. The number of hydrogen-bond donors (Lipinski definition) is 2. The lowest BCUT2D eigenvalue weighted by Gasteiger charge is -2.37. The van der Waals surface area contributed by atoms with Crippen molar-refractivity contribution in [3.63, 3.8) is 0 Å². The van der Waals surface area contributed by atoms with Crippen molar-refractivity contribution in [3.05, 3.63) is 30.5 Å². The van der Waals surface area contributed by atoms with Crippen LogP contribution in [0, 0.1) is 5.41 Å². The summed E-state index contributed by atoms with van der Waals surface area (Å²) in [5.74, 6) is 1.33. The van der Waals surface area contributed by atoms with Gasteiger partial charge in [0, 0.05) is 18.2 Å². The van der Waals surface area contributed by atoms with Gasteiger partial charge in [-0.25, -0.2) is 23.7 Å². The molecule has 0 atom stereocenters. The van der Waals surface area contributed by atoms with E-state index >= 15 is 0 Å². The first-order chi connectivity index (χ1) is 12.6. The second-order valence-corrected chi connectivity index (χ2v) is 6.87. The van der Waals surface area contributed by atoms with Gasteiger partial charge in [0.2, 0.25) is 0 Å². The highest BCUT2D eigenvalue weighted by Gasteiger charge is 2.49. The Kier molecular flexibility index (Phi) is 4.26. The van der Waals surface area contributed by atoms with Gasteiger partial charge in [0.05, 0.1) is 23.3 Å². The summed E-state index contributed by atoms with van der Waals surface area (Å²) in [7, 11) is 0. The van der Waals surface area contributed by atoms with Gasteiger partial charge in [-0.05, 0) is 44.3 Å². The zero-order valence-corrected chi connectivity index (χ0v) is 14.3. The summed E-state index contributed by atoms with van der Waals surface area (Å²) in [6.45, 7) is 1.02. The third kappa shape index (κ3) is 3.23. The van der Waals surface area contributed by atoms with Crippen molar-refractivity contribution >= 4 is 17.6 Å². The fourth-order valence-corrected chi connectivity index (χ4v) is 3.55. The standard InChI is InChI=1S/C18H20F2N6/c19-17(20)12(21)3-4-15-22-10-14(25-15)13-9-16(24-11-23-13)26-8-2-1-5-18(26)6-7-18/h3-4,9-11,17,21H,1-2,5-8H2,(H,22,25)/b4-3-,21-12?. The highest BCUT2D eigenvalue weighted by molar-refractivity contribution is 5.97. The summed E-state index contributed by atoms with van der Waals surface area (Å²) >= 11 is 0. The number of anilines is 1. The number of aromatic nitrogens is 4. The molecule has 8 heteroatoms. The molecule has 136 valence electrons. The van der Waals surface area contributed by atoms with Gasteiger partial charge in [-0.1, -0.05) is 0 Å². The van der Waals surface area contributed by atoms with Crippen LogP contribution in [0.5, 0.6) is 0 Å². The van der Waals surface area contributed by atoms with E-state index in [9.17, 15) is 8.78 Å².